The minimum absolute atomic E-state index is 0.0761. The zero-order valence-corrected chi connectivity index (χ0v) is 13.9. The minimum Gasteiger partial charge on any atom is -0.312 e. The van der Waals surface area contributed by atoms with Crippen molar-refractivity contribution in [3.05, 3.63) is 34.6 Å². The first-order valence-corrected chi connectivity index (χ1v) is 9.37. The molecule has 0 bridgehead atoms. The Morgan fingerprint density at radius 2 is 2.10 bits per heavy atom. The van der Waals surface area contributed by atoms with Crippen LogP contribution in [0.1, 0.15) is 31.7 Å². The third-order valence-corrected chi connectivity index (χ3v) is 6.84. The second-order valence-corrected chi connectivity index (χ2v) is 8.85. The second-order valence-electron chi connectivity index (χ2n) is 6.03. The molecule has 1 atom stereocenters. The molecule has 21 heavy (non-hydrogen) atoms. The number of halogens is 2. The molecule has 1 unspecified atom stereocenters. The molecule has 1 N–H and O–H groups in total. The van der Waals surface area contributed by atoms with Crippen LogP contribution in [0, 0.1) is 5.82 Å². The van der Waals surface area contributed by atoms with E-state index in [0.29, 0.717) is 18.0 Å². The summed E-state index contributed by atoms with van der Waals surface area (Å²) in [7, 11) is -3.05. The quantitative estimate of drug-likeness (QED) is 0.870. The molecule has 1 aromatic carbocycles. The molecule has 6 heteroatoms. The van der Waals surface area contributed by atoms with Crippen molar-refractivity contribution >= 4 is 21.4 Å². The van der Waals surface area contributed by atoms with Crippen LogP contribution < -0.4 is 5.32 Å². The van der Waals surface area contributed by atoms with Gasteiger partial charge in [0.05, 0.1) is 4.75 Å². The van der Waals surface area contributed by atoms with Crippen LogP contribution in [0.3, 0.4) is 0 Å². The Labute approximate surface area is 130 Å². The Morgan fingerprint density at radius 1 is 1.43 bits per heavy atom. The molecular weight excluding hydrogens is 313 g/mol. The van der Waals surface area contributed by atoms with Gasteiger partial charge in [-0.15, -0.1) is 0 Å². The highest BCUT2D eigenvalue weighted by Crippen LogP contribution is 2.38. The molecule has 1 aliphatic carbocycles. The van der Waals surface area contributed by atoms with Gasteiger partial charge in [0.1, 0.15) is 5.82 Å². The van der Waals surface area contributed by atoms with Gasteiger partial charge in [0.15, 0.2) is 9.84 Å². The van der Waals surface area contributed by atoms with E-state index >= 15 is 0 Å². The molecular formula is C15H21ClFNO2S. The summed E-state index contributed by atoms with van der Waals surface area (Å²) >= 11 is 6.01. The average Bonchev–Trinajstić information content (AvgIpc) is 2.29. The highest BCUT2D eigenvalue weighted by atomic mass is 35.5. The van der Waals surface area contributed by atoms with Crippen LogP contribution in [-0.2, 0) is 16.3 Å². The van der Waals surface area contributed by atoms with E-state index in [0.717, 1.165) is 24.8 Å². The summed E-state index contributed by atoms with van der Waals surface area (Å²) in [4.78, 5) is 0. The molecule has 1 aromatic rings. The number of hydrogen-bond donors (Lipinski definition) is 1. The SMILES string of the molecule is CC(Cc1ccc(F)cc1Cl)NCC1(S(C)(=O)=O)CCC1. The van der Waals surface area contributed by atoms with E-state index in [1.807, 2.05) is 6.92 Å². The lowest BCUT2D eigenvalue weighted by Crippen LogP contribution is -2.53. The molecule has 0 heterocycles. The van der Waals surface area contributed by atoms with E-state index < -0.39 is 14.6 Å². The lowest BCUT2D eigenvalue weighted by atomic mass is 9.84. The lowest BCUT2D eigenvalue weighted by Gasteiger charge is -2.40. The van der Waals surface area contributed by atoms with E-state index in [2.05, 4.69) is 5.32 Å². The van der Waals surface area contributed by atoms with Crippen molar-refractivity contribution in [2.75, 3.05) is 12.8 Å². The molecule has 0 aromatic heterocycles. The van der Waals surface area contributed by atoms with Gasteiger partial charge in [0, 0.05) is 23.9 Å². The maximum atomic E-state index is 13.0. The molecule has 0 aliphatic heterocycles. The highest BCUT2D eigenvalue weighted by Gasteiger charge is 2.45. The first-order valence-electron chi connectivity index (χ1n) is 7.10. The predicted octanol–water partition coefficient (Wildman–Crippen LogP) is 2.97. The molecule has 1 fully saturated rings. The lowest BCUT2D eigenvalue weighted by molar-refractivity contribution is 0.312. The standard InChI is InChI=1S/C15H21ClFNO2S/c1-11(8-12-4-5-13(17)9-14(12)16)18-10-15(6-3-7-15)21(2,19)20/h4-5,9,11,18H,3,6-8,10H2,1-2H3. The van der Waals surface area contributed by atoms with Crippen LogP contribution in [0.4, 0.5) is 4.39 Å². The van der Waals surface area contributed by atoms with Crippen molar-refractivity contribution in [1.29, 1.82) is 0 Å². The van der Waals surface area contributed by atoms with Crippen molar-refractivity contribution < 1.29 is 12.8 Å². The van der Waals surface area contributed by atoms with Gasteiger partial charge in [-0.25, -0.2) is 12.8 Å². The molecule has 1 saturated carbocycles. The van der Waals surface area contributed by atoms with Crippen LogP contribution in [0.15, 0.2) is 18.2 Å². The Kier molecular flexibility index (Phi) is 4.96. The highest BCUT2D eigenvalue weighted by molar-refractivity contribution is 7.92. The molecule has 0 radical (unpaired) electrons. The van der Waals surface area contributed by atoms with Gasteiger partial charge in [0.25, 0.3) is 0 Å². The summed E-state index contributed by atoms with van der Waals surface area (Å²) < 4.78 is 36.2. The van der Waals surface area contributed by atoms with Crippen LogP contribution >= 0.6 is 11.6 Å². The Morgan fingerprint density at radius 3 is 2.57 bits per heavy atom. The summed E-state index contributed by atoms with van der Waals surface area (Å²) in [5, 5.41) is 3.70. The van der Waals surface area contributed by atoms with Gasteiger partial charge < -0.3 is 5.32 Å². The first-order chi connectivity index (χ1) is 9.73. The van der Waals surface area contributed by atoms with Crippen molar-refractivity contribution in [2.45, 2.75) is 43.4 Å². The number of benzene rings is 1. The van der Waals surface area contributed by atoms with Gasteiger partial charge >= 0.3 is 0 Å². The molecule has 3 nitrogen and oxygen atoms in total. The number of hydrogen-bond acceptors (Lipinski definition) is 3. The van der Waals surface area contributed by atoms with Crippen molar-refractivity contribution in [3.8, 4) is 0 Å². The van der Waals surface area contributed by atoms with Crippen LogP contribution in [-0.4, -0.2) is 32.0 Å². The van der Waals surface area contributed by atoms with E-state index in [-0.39, 0.29) is 11.9 Å². The summed E-state index contributed by atoms with van der Waals surface area (Å²) in [6, 6.07) is 4.43. The fourth-order valence-corrected chi connectivity index (χ4v) is 4.32. The topological polar surface area (TPSA) is 46.2 Å². The van der Waals surface area contributed by atoms with E-state index in [9.17, 15) is 12.8 Å². The van der Waals surface area contributed by atoms with Gasteiger partial charge in [-0.05, 0) is 43.9 Å². The van der Waals surface area contributed by atoms with E-state index in [4.69, 9.17) is 11.6 Å². The van der Waals surface area contributed by atoms with Crippen molar-refractivity contribution in [3.63, 3.8) is 0 Å². The molecule has 0 amide bonds. The van der Waals surface area contributed by atoms with Gasteiger partial charge in [-0.1, -0.05) is 24.1 Å². The summed E-state index contributed by atoms with van der Waals surface area (Å²) in [6.45, 7) is 2.44. The molecule has 2 rings (SSSR count). The third kappa shape index (κ3) is 3.76. The van der Waals surface area contributed by atoms with Crippen LogP contribution in [0.5, 0.6) is 0 Å². The van der Waals surface area contributed by atoms with Gasteiger partial charge in [0.2, 0.25) is 0 Å². The zero-order chi connectivity index (χ0) is 15.7. The smallest absolute Gasteiger partial charge is 0.154 e. The molecule has 0 spiro atoms. The maximum absolute atomic E-state index is 13.0. The van der Waals surface area contributed by atoms with E-state index in [1.54, 1.807) is 6.07 Å². The Bertz CT molecular complexity index is 614. The maximum Gasteiger partial charge on any atom is 0.154 e. The van der Waals surface area contributed by atoms with Crippen molar-refractivity contribution in [1.82, 2.24) is 5.32 Å². The van der Waals surface area contributed by atoms with Crippen LogP contribution in [0.2, 0.25) is 5.02 Å². The number of sulfone groups is 1. The average molecular weight is 334 g/mol. The predicted molar refractivity (Wildman–Crippen MR) is 84.0 cm³/mol. The second kappa shape index (κ2) is 6.23. The van der Waals surface area contributed by atoms with Gasteiger partial charge in [-0.2, -0.15) is 0 Å². The Hall–Kier alpha value is -0.650. The number of nitrogens with one attached hydrogen (secondary N) is 1. The monoisotopic (exact) mass is 333 g/mol. The third-order valence-electron chi connectivity index (χ3n) is 4.37. The molecule has 1 aliphatic rings. The minimum atomic E-state index is -3.05. The largest absolute Gasteiger partial charge is 0.312 e. The summed E-state index contributed by atoms with van der Waals surface area (Å²) in [6.07, 6.45) is 4.37. The fourth-order valence-electron chi connectivity index (χ4n) is 2.70. The molecule has 118 valence electrons. The summed E-state index contributed by atoms with van der Waals surface area (Å²) in [5.41, 5.74) is 0.861. The zero-order valence-electron chi connectivity index (χ0n) is 12.3. The van der Waals surface area contributed by atoms with Gasteiger partial charge in [-0.3, -0.25) is 0 Å². The molecule has 0 saturated heterocycles. The Balaban J connectivity index is 1.95. The summed E-state index contributed by atoms with van der Waals surface area (Å²) in [5.74, 6) is -0.352. The van der Waals surface area contributed by atoms with Crippen molar-refractivity contribution in [2.24, 2.45) is 0 Å². The van der Waals surface area contributed by atoms with Crippen LogP contribution in [0.25, 0.3) is 0 Å². The fraction of sp³-hybridized carbons (Fsp3) is 0.600. The normalized spacial score (nSPS) is 19.0. The van der Waals surface area contributed by atoms with E-state index in [1.165, 1.54) is 18.4 Å². The number of rotatable bonds is 6. The first kappa shape index (κ1) is 16.7.